The van der Waals surface area contributed by atoms with Crippen molar-refractivity contribution in [3.05, 3.63) is 53.3 Å². The van der Waals surface area contributed by atoms with E-state index in [-0.39, 0.29) is 17.4 Å². The molecule has 156 valence electrons. The summed E-state index contributed by atoms with van der Waals surface area (Å²) in [6.07, 6.45) is 3.03. The van der Waals surface area contributed by atoms with E-state index in [1.165, 1.54) is 5.56 Å². The van der Waals surface area contributed by atoms with Crippen LogP contribution in [-0.2, 0) is 24.4 Å². The summed E-state index contributed by atoms with van der Waals surface area (Å²) in [6, 6.07) is 10.6. The second-order valence-electron chi connectivity index (χ2n) is 9.06. The predicted octanol–water partition coefficient (Wildman–Crippen LogP) is 2.38. The molecule has 6 nitrogen and oxygen atoms in total. The quantitative estimate of drug-likeness (QED) is 0.753. The summed E-state index contributed by atoms with van der Waals surface area (Å²) in [7, 11) is 4.03. The van der Waals surface area contributed by atoms with Crippen molar-refractivity contribution in [3.8, 4) is 0 Å². The molecule has 0 aliphatic carbocycles. The number of aromatic nitrogens is 2. The van der Waals surface area contributed by atoms with Crippen molar-refractivity contribution in [2.24, 2.45) is 5.41 Å². The van der Waals surface area contributed by atoms with Gasteiger partial charge in [0, 0.05) is 63.5 Å². The summed E-state index contributed by atoms with van der Waals surface area (Å²) in [6.45, 7) is 9.77. The minimum atomic E-state index is -0.0135. The van der Waals surface area contributed by atoms with Crippen molar-refractivity contribution in [3.63, 3.8) is 0 Å². The number of amides is 1. The SMILES string of the molecule is CCn1cc(CN(C)C(=O)C2CC3(CN(Cc4ccccc4)C3)CN2C)c(C)n1. The number of likely N-dealkylation sites (tertiary alicyclic amines) is 2. The Labute approximate surface area is 174 Å². The summed E-state index contributed by atoms with van der Waals surface area (Å²) in [5.41, 5.74) is 3.78. The van der Waals surface area contributed by atoms with Crippen LogP contribution in [0.25, 0.3) is 0 Å². The van der Waals surface area contributed by atoms with E-state index in [4.69, 9.17) is 0 Å². The lowest BCUT2D eigenvalue weighted by atomic mass is 9.77. The first kappa shape index (κ1) is 20.1. The Morgan fingerprint density at radius 1 is 1.24 bits per heavy atom. The van der Waals surface area contributed by atoms with E-state index >= 15 is 0 Å². The minimum Gasteiger partial charge on any atom is -0.340 e. The van der Waals surface area contributed by atoms with Crippen LogP contribution >= 0.6 is 0 Å². The molecule has 4 rings (SSSR count). The Balaban J connectivity index is 1.33. The molecule has 1 spiro atoms. The van der Waals surface area contributed by atoms with Crippen LogP contribution in [0, 0.1) is 12.3 Å². The molecule has 2 aliphatic rings. The van der Waals surface area contributed by atoms with E-state index in [0.29, 0.717) is 6.54 Å². The van der Waals surface area contributed by atoms with Crippen molar-refractivity contribution in [1.82, 2.24) is 24.5 Å². The van der Waals surface area contributed by atoms with Gasteiger partial charge < -0.3 is 4.90 Å². The maximum absolute atomic E-state index is 13.2. The van der Waals surface area contributed by atoms with E-state index in [1.807, 2.05) is 23.6 Å². The lowest BCUT2D eigenvalue weighted by Gasteiger charge is -2.48. The van der Waals surface area contributed by atoms with Gasteiger partial charge in [-0.25, -0.2) is 0 Å². The molecule has 0 radical (unpaired) electrons. The molecule has 1 atom stereocenters. The molecule has 2 aliphatic heterocycles. The fourth-order valence-corrected chi connectivity index (χ4v) is 5.09. The smallest absolute Gasteiger partial charge is 0.239 e. The Hall–Kier alpha value is -2.18. The summed E-state index contributed by atoms with van der Waals surface area (Å²) in [5.74, 6) is 0.231. The number of benzene rings is 1. The molecule has 1 amide bonds. The van der Waals surface area contributed by atoms with E-state index in [0.717, 1.165) is 50.4 Å². The van der Waals surface area contributed by atoms with Gasteiger partial charge in [0.05, 0.1) is 11.7 Å². The van der Waals surface area contributed by atoms with E-state index < -0.39 is 0 Å². The molecular formula is C23H33N5O. The highest BCUT2D eigenvalue weighted by Crippen LogP contribution is 2.43. The number of carbonyl (C=O) groups excluding carboxylic acids is 1. The highest BCUT2D eigenvalue weighted by molar-refractivity contribution is 5.82. The van der Waals surface area contributed by atoms with Gasteiger partial charge in [0.1, 0.15) is 0 Å². The van der Waals surface area contributed by atoms with Gasteiger partial charge in [0.25, 0.3) is 0 Å². The first-order valence-corrected chi connectivity index (χ1v) is 10.6. The number of hydrogen-bond donors (Lipinski definition) is 0. The molecule has 1 unspecified atom stereocenters. The molecule has 2 saturated heterocycles. The molecule has 29 heavy (non-hydrogen) atoms. The van der Waals surface area contributed by atoms with Gasteiger partial charge in [-0.1, -0.05) is 30.3 Å². The third-order valence-corrected chi connectivity index (χ3v) is 6.55. The van der Waals surface area contributed by atoms with E-state index in [1.54, 1.807) is 0 Å². The Bertz CT molecular complexity index is 855. The number of rotatable bonds is 6. The normalized spacial score (nSPS) is 21.4. The van der Waals surface area contributed by atoms with Crippen LogP contribution in [0.4, 0.5) is 0 Å². The first-order valence-electron chi connectivity index (χ1n) is 10.6. The van der Waals surface area contributed by atoms with Crippen molar-refractivity contribution in [2.45, 2.75) is 45.9 Å². The first-order chi connectivity index (χ1) is 13.9. The maximum atomic E-state index is 13.2. The van der Waals surface area contributed by atoms with Crippen molar-refractivity contribution in [1.29, 1.82) is 0 Å². The van der Waals surface area contributed by atoms with Crippen LogP contribution in [-0.4, -0.2) is 70.2 Å². The summed E-state index contributed by atoms with van der Waals surface area (Å²) < 4.78 is 1.94. The van der Waals surface area contributed by atoms with Gasteiger partial charge in [0.15, 0.2) is 0 Å². The van der Waals surface area contributed by atoms with Gasteiger partial charge in [-0.15, -0.1) is 0 Å². The number of nitrogens with zero attached hydrogens (tertiary/aromatic N) is 5. The molecule has 3 heterocycles. The van der Waals surface area contributed by atoms with Gasteiger partial charge in [-0.05, 0) is 32.9 Å². The molecule has 6 heteroatoms. The van der Waals surface area contributed by atoms with Crippen LogP contribution in [0.1, 0.15) is 30.2 Å². The zero-order chi connectivity index (χ0) is 20.6. The van der Waals surface area contributed by atoms with Crippen LogP contribution in [0.5, 0.6) is 0 Å². The van der Waals surface area contributed by atoms with Crippen LogP contribution in [0.15, 0.2) is 36.5 Å². The molecule has 0 saturated carbocycles. The van der Waals surface area contributed by atoms with Crippen LogP contribution in [0.2, 0.25) is 0 Å². The number of aryl methyl sites for hydroxylation is 2. The standard InChI is InChI=1S/C23H33N5O/c1-5-28-14-20(18(2)24-28)13-25(3)22(29)21-11-23(15-26(21)4)16-27(17-23)12-19-9-7-6-8-10-19/h6-10,14,21H,5,11-13,15-17H2,1-4H3. The fourth-order valence-electron chi connectivity index (χ4n) is 5.09. The van der Waals surface area contributed by atoms with Gasteiger partial charge in [-0.3, -0.25) is 19.3 Å². The highest BCUT2D eigenvalue weighted by atomic mass is 16.2. The Morgan fingerprint density at radius 2 is 1.97 bits per heavy atom. The second kappa shape index (κ2) is 7.92. The molecule has 1 aromatic heterocycles. The molecule has 0 N–H and O–H groups in total. The number of hydrogen-bond acceptors (Lipinski definition) is 4. The Morgan fingerprint density at radius 3 is 2.62 bits per heavy atom. The second-order valence-corrected chi connectivity index (χ2v) is 9.06. The van der Waals surface area contributed by atoms with Gasteiger partial charge in [0.2, 0.25) is 5.91 Å². The van der Waals surface area contributed by atoms with Crippen molar-refractivity contribution < 1.29 is 4.79 Å². The van der Waals surface area contributed by atoms with Gasteiger partial charge >= 0.3 is 0 Å². The molecule has 1 aromatic carbocycles. The van der Waals surface area contributed by atoms with Crippen molar-refractivity contribution >= 4 is 5.91 Å². The fraction of sp³-hybridized carbons (Fsp3) is 0.565. The monoisotopic (exact) mass is 395 g/mol. The largest absolute Gasteiger partial charge is 0.340 e. The predicted molar refractivity (Wildman–Crippen MR) is 114 cm³/mol. The third-order valence-electron chi connectivity index (χ3n) is 6.55. The zero-order valence-corrected chi connectivity index (χ0v) is 18.1. The maximum Gasteiger partial charge on any atom is 0.239 e. The third kappa shape index (κ3) is 4.09. The van der Waals surface area contributed by atoms with E-state index in [9.17, 15) is 4.79 Å². The molecule has 2 fully saturated rings. The van der Waals surface area contributed by atoms with Crippen LogP contribution < -0.4 is 0 Å². The number of carbonyl (C=O) groups is 1. The topological polar surface area (TPSA) is 44.6 Å². The molecule has 0 bridgehead atoms. The average molecular weight is 396 g/mol. The summed E-state index contributed by atoms with van der Waals surface area (Å²) >= 11 is 0. The summed E-state index contributed by atoms with van der Waals surface area (Å²) in [4.78, 5) is 19.8. The zero-order valence-electron chi connectivity index (χ0n) is 18.1. The van der Waals surface area contributed by atoms with Crippen LogP contribution in [0.3, 0.4) is 0 Å². The average Bonchev–Trinajstić information content (AvgIpc) is 3.21. The van der Waals surface area contributed by atoms with E-state index in [2.05, 4.69) is 65.4 Å². The number of likely N-dealkylation sites (N-methyl/N-ethyl adjacent to an activating group) is 2. The Kier molecular flexibility index (Phi) is 5.49. The van der Waals surface area contributed by atoms with Gasteiger partial charge in [-0.2, -0.15) is 5.10 Å². The lowest BCUT2D eigenvalue weighted by molar-refractivity contribution is -0.135. The highest BCUT2D eigenvalue weighted by Gasteiger charge is 2.52. The molecular weight excluding hydrogens is 362 g/mol. The summed E-state index contributed by atoms with van der Waals surface area (Å²) in [5, 5.41) is 4.50. The molecule has 2 aromatic rings. The van der Waals surface area contributed by atoms with Crippen molar-refractivity contribution in [2.75, 3.05) is 33.7 Å². The lowest BCUT2D eigenvalue weighted by Crippen LogP contribution is -2.56. The minimum absolute atomic E-state index is 0.0135.